The van der Waals surface area contributed by atoms with Gasteiger partial charge in [-0.2, -0.15) is 0 Å². The van der Waals surface area contributed by atoms with Gasteiger partial charge in [-0.05, 0) is 35.2 Å². The second-order valence-electron chi connectivity index (χ2n) is 8.78. The zero-order chi connectivity index (χ0) is 24.5. The molecule has 2 aromatic heterocycles. The second-order valence-corrected chi connectivity index (χ2v) is 12.1. The van der Waals surface area contributed by atoms with E-state index in [1.165, 1.54) is 11.3 Å². The Morgan fingerprint density at radius 3 is 2.53 bits per heavy atom. The molecule has 0 aliphatic carbocycles. The molecule has 0 saturated heterocycles. The van der Waals surface area contributed by atoms with E-state index in [2.05, 4.69) is 29.0 Å². The van der Waals surface area contributed by atoms with Crippen LogP contribution >= 0.6 is 11.3 Å². The molecule has 4 rings (SSSR count). The summed E-state index contributed by atoms with van der Waals surface area (Å²) in [5.74, 6) is 0.734. The number of carbonyl (C=O) groups is 1. The van der Waals surface area contributed by atoms with Crippen molar-refractivity contribution in [3.63, 3.8) is 0 Å². The second kappa shape index (κ2) is 9.81. The van der Waals surface area contributed by atoms with Gasteiger partial charge in [-0.1, -0.05) is 39.0 Å². The summed E-state index contributed by atoms with van der Waals surface area (Å²) in [5, 5.41) is 3.51. The maximum atomic E-state index is 12.6. The summed E-state index contributed by atoms with van der Waals surface area (Å²) in [6.07, 6.45) is 1.96. The van der Waals surface area contributed by atoms with Gasteiger partial charge >= 0.3 is 0 Å². The number of hydrogen-bond acceptors (Lipinski definition) is 8. The summed E-state index contributed by atoms with van der Waals surface area (Å²) in [7, 11) is -3.25. The van der Waals surface area contributed by atoms with Crippen LogP contribution in [0.25, 0.3) is 0 Å². The van der Waals surface area contributed by atoms with Crippen LogP contribution in [0.5, 0.6) is 0 Å². The fraction of sp³-hybridized carbons (Fsp3) is 0.375. The van der Waals surface area contributed by atoms with Crippen molar-refractivity contribution in [3.05, 3.63) is 64.3 Å². The molecular weight excluding hydrogens is 470 g/mol. The van der Waals surface area contributed by atoms with Gasteiger partial charge in [0.15, 0.2) is 15.0 Å². The topological polar surface area (TPSA) is 118 Å². The van der Waals surface area contributed by atoms with E-state index in [4.69, 9.17) is 10.7 Å². The number of amides is 1. The highest BCUT2D eigenvalue weighted by Gasteiger charge is 2.36. The minimum absolute atomic E-state index is 0.0488. The SMILES string of the molecule is CCS(=O)(=O)c1ccc(CC(=O)Nc2nc3c(s2)CN(Cc2ccc(N)nc2)[C@H]3C(C)C)cc1. The van der Waals surface area contributed by atoms with E-state index in [1.54, 1.807) is 31.2 Å². The van der Waals surface area contributed by atoms with Gasteiger partial charge in [-0.3, -0.25) is 9.69 Å². The van der Waals surface area contributed by atoms with E-state index < -0.39 is 9.84 Å². The Labute approximate surface area is 204 Å². The molecule has 3 aromatic rings. The highest BCUT2D eigenvalue weighted by molar-refractivity contribution is 7.91. The number of sulfone groups is 1. The molecule has 1 amide bonds. The summed E-state index contributed by atoms with van der Waals surface area (Å²) in [4.78, 5) is 25.4. The fourth-order valence-electron chi connectivity index (χ4n) is 4.20. The first-order valence-corrected chi connectivity index (χ1v) is 13.7. The number of pyridine rings is 1. The van der Waals surface area contributed by atoms with E-state index in [9.17, 15) is 13.2 Å². The highest BCUT2D eigenvalue weighted by Crippen LogP contribution is 2.43. The Morgan fingerprint density at radius 2 is 1.91 bits per heavy atom. The van der Waals surface area contributed by atoms with Gasteiger partial charge in [-0.25, -0.2) is 18.4 Å². The Kier molecular flexibility index (Phi) is 7.01. The molecule has 0 radical (unpaired) electrons. The van der Waals surface area contributed by atoms with Crippen LogP contribution in [0.3, 0.4) is 0 Å². The number of benzene rings is 1. The molecule has 34 heavy (non-hydrogen) atoms. The molecule has 0 spiro atoms. The van der Waals surface area contributed by atoms with Crippen LogP contribution in [0.2, 0.25) is 0 Å². The normalized spacial score (nSPS) is 16.1. The van der Waals surface area contributed by atoms with Crippen molar-refractivity contribution < 1.29 is 13.2 Å². The largest absolute Gasteiger partial charge is 0.384 e. The molecule has 0 bridgehead atoms. The van der Waals surface area contributed by atoms with Crippen LogP contribution in [0.4, 0.5) is 10.9 Å². The Balaban J connectivity index is 1.41. The van der Waals surface area contributed by atoms with E-state index in [0.29, 0.717) is 16.9 Å². The molecule has 3 N–H and O–H groups in total. The summed E-state index contributed by atoms with van der Waals surface area (Å²) in [5.41, 5.74) is 8.58. The summed E-state index contributed by atoms with van der Waals surface area (Å²) in [6, 6.07) is 10.4. The van der Waals surface area contributed by atoms with Gasteiger partial charge < -0.3 is 11.1 Å². The quantitative estimate of drug-likeness (QED) is 0.484. The standard InChI is InChI=1S/C24H29N5O3S2/c1-4-34(31,32)18-8-5-16(6-9-18)11-21(30)27-24-28-22-19(33-24)14-29(23(22)15(2)3)13-17-7-10-20(25)26-12-17/h5-10,12,15,23H,4,11,13-14H2,1-3H3,(H2,25,26)(H,27,28,30)/t23-/m0/s1. The maximum absolute atomic E-state index is 12.6. The van der Waals surface area contributed by atoms with Crippen molar-refractivity contribution in [2.24, 2.45) is 5.92 Å². The van der Waals surface area contributed by atoms with Crippen molar-refractivity contribution in [1.82, 2.24) is 14.9 Å². The first-order chi connectivity index (χ1) is 16.2. The van der Waals surface area contributed by atoms with Gasteiger partial charge in [-0.15, -0.1) is 11.3 Å². The minimum atomic E-state index is -3.25. The Morgan fingerprint density at radius 1 is 1.21 bits per heavy atom. The predicted molar refractivity (Wildman–Crippen MR) is 134 cm³/mol. The Hall–Kier alpha value is -2.82. The third-order valence-electron chi connectivity index (χ3n) is 5.89. The molecule has 1 aromatic carbocycles. The number of nitrogens with zero attached hydrogens (tertiary/aromatic N) is 3. The predicted octanol–water partition coefficient (Wildman–Crippen LogP) is 3.81. The first-order valence-electron chi connectivity index (χ1n) is 11.2. The number of hydrogen-bond donors (Lipinski definition) is 2. The number of nitrogens with one attached hydrogen (secondary N) is 1. The van der Waals surface area contributed by atoms with Crippen molar-refractivity contribution in [2.45, 2.75) is 51.2 Å². The van der Waals surface area contributed by atoms with Gasteiger partial charge in [0.1, 0.15) is 5.82 Å². The van der Waals surface area contributed by atoms with E-state index in [1.807, 2.05) is 18.3 Å². The lowest BCUT2D eigenvalue weighted by Gasteiger charge is -2.27. The highest BCUT2D eigenvalue weighted by atomic mass is 32.2. The molecule has 0 fully saturated rings. The molecule has 3 heterocycles. The summed E-state index contributed by atoms with van der Waals surface area (Å²) < 4.78 is 23.9. The number of rotatable bonds is 8. The van der Waals surface area contributed by atoms with E-state index in [0.717, 1.165) is 34.8 Å². The van der Waals surface area contributed by atoms with Crippen molar-refractivity contribution >= 4 is 38.0 Å². The minimum Gasteiger partial charge on any atom is -0.384 e. The van der Waals surface area contributed by atoms with E-state index in [-0.39, 0.29) is 29.0 Å². The third-order valence-corrected chi connectivity index (χ3v) is 8.61. The molecule has 10 heteroatoms. The first kappa shape index (κ1) is 24.3. The zero-order valence-electron chi connectivity index (χ0n) is 19.5. The van der Waals surface area contributed by atoms with E-state index >= 15 is 0 Å². The zero-order valence-corrected chi connectivity index (χ0v) is 21.1. The van der Waals surface area contributed by atoms with Crippen LogP contribution in [0.15, 0.2) is 47.5 Å². The molecule has 1 aliphatic heterocycles. The summed E-state index contributed by atoms with van der Waals surface area (Å²) >= 11 is 1.51. The van der Waals surface area contributed by atoms with Crippen LogP contribution in [0.1, 0.15) is 48.5 Å². The number of anilines is 2. The average molecular weight is 500 g/mol. The number of nitrogen functional groups attached to an aromatic ring is 1. The van der Waals surface area contributed by atoms with Crippen molar-refractivity contribution in [2.75, 3.05) is 16.8 Å². The molecular formula is C24H29N5O3S2. The van der Waals surface area contributed by atoms with Crippen LogP contribution in [0, 0.1) is 5.92 Å². The monoisotopic (exact) mass is 499 g/mol. The van der Waals surface area contributed by atoms with Crippen LogP contribution < -0.4 is 11.1 Å². The smallest absolute Gasteiger partial charge is 0.230 e. The Bertz CT molecular complexity index is 1270. The van der Waals surface area contributed by atoms with Gasteiger partial charge in [0.05, 0.1) is 28.8 Å². The number of thiazole rings is 1. The molecule has 180 valence electrons. The molecule has 0 unspecified atom stereocenters. The number of fused-ring (bicyclic) bond motifs is 1. The van der Waals surface area contributed by atoms with Crippen LogP contribution in [-0.4, -0.2) is 34.9 Å². The molecule has 1 aliphatic rings. The van der Waals surface area contributed by atoms with Gasteiger partial charge in [0.25, 0.3) is 0 Å². The lowest BCUT2D eigenvalue weighted by Crippen LogP contribution is -2.26. The fourth-order valence-corrected chi connectivity index (χ4v) is 6.13. The van der Waals surface area contributed by atoms with Crippen LogP contribution in [-0.2, 0) is 34.1 Å². The number of carbonyl (C=O) groups excluding carboxylic acids is 1. The molecule has 0 saturated carbocycles. The van der Waals surface area contributed by atoms with Gasteiger partial charge in [0, 0.05) is 24.2 Å². The van der Waals surface area contributed by atoms with Crippen molar-refractivity contribution in [3.8, 4) is 0 Å². The number of nitrogens with two attached hydrogens (primary N) is 1. The molecule has 1 atom stereocenters. The van der Waals surface area contributed by atoms with Gasteiger partial charge in [0.2, 0.25) is 5.91 Å². The molecule has 8 nitrogen and oxygen atoms in total. The van der Waals surface area contributed by atoms with Crippen molar-refractivity contribution in [1.29, 1.82) is 0 Å². The third kappa shape index (κ3) is 5.29. The lowest BCUT2D eigenvalue weighted by atomic mass is 10.0. The number of aromatic nitrogens is 2. The maximum Gasteiger partial charge on any atom is 0.230 e. The summed E-state index contributed by atoms with van der Waals surface area (Å²) in [6.45, 7) is 7.48. The lowest BCUT2D eigenvalue weighted by molar-refractivity contribution is -0.115. The average Bonchev–Trinajstić information content (AvgIpc) is 3.31.